The van der Waals surface area contributed by atoms with Crippen molar-refractivity contribution in [1.29, 1.82) is 0 Å². The lowest BCUT2D eigenvalue weighted by molar-refractivity contribution is 0.0356. The van der Waals surface area contributed by atoms with Gasteiger partial charge in [0.2, 0.25) is 0 Å². The van der Waals surface area contributed by atoms with Gasteiger partial charge in [-0.05, 0) is 17.7 Å². The molecular weight excluding hydrogens is 422 g/mol. The third kappa shape index (κ3) is 3.60. The van der Waals surface area contributed by atoms with Gasteiger partial charge in [0.1, 0.15) is 23.4 Å². The molecule has 3 heterocycles. The van der Waals surface area contributed by atoms with E-state index in [1.165, 1.54) is 14.2 Å². The van der Waals surface area contributed by atoms with E-state index in [0.717, 1.165) is 27.8 Å². The average molecular weight is 447 g/mol. The third-order valence-electron chi connectivity index (χ3n) is 6.07. The van der Waals surface area contributed by atoms with Crippen LogP contribution >= 0.6 is 0 Å². The molecule has 0 saturated carbocycles. The Morgan fingerprint density at radius 3 is 2.45 bits per heavy atom. The summed E-state index contributed by atoms with van der Waals surface area (Å²) in [4.78, 5) is 19.4. The molecule has 33 heavy (non-hydrogen) atoms. The number of likely N-dealkylation sites (tertiary alicyclic amines) is 1. The molecule has 0 atom stereocenters. The number of aryl methyl sites for hydroxylation is 1. The molecule has 0 bridgehead atoms. The number of imidazole rings is 1. The van der Waals surface area contributed by atoms with Crippen molar-refractivity contribution in [2.45, 2.75) is 0 Å². The van der Waals surface area contributed by atoms with Crippen LogP contribution in [0.2, 0.25) is 0 Å². The summed E-state index contributed by atoms with van der Waals surface area (Å²) in [6, 6.07) is 9.70. The minimum Gasteiger partial charge on any atom is -0.496 e. The Bertz CT molecular complexity index is 1310. The largest absolute Gasteiger partial charge is 0.496 e. The number of nitrogens with zero attached hydrogens (tertiary/aromatic N) is 5. The zero-order chi connectivity index (χ0) is 23.1. The van der Waals surface area contributed by atoms with Crippen molar-refractivity contribution in [3.63, 3.8) is 0 Å². The number of hydrogen-bond donors (Lipinski definition) is 1. The predicted octanol–water partition coefficient (Wildman–Crippen LogP) is 2.51. The second-order valence-electron chi connectivity index (χ2n) is 8.20. The van der Waals surface area contributed by atoms with Crippen molar-refractivity contribution in [2.75, 3.05) is 33.9 Å². The molecule has 0 radical (unpaired) electrons. The highest BCUT2D eigenvalue weighted by Gasteiger charge is 2.34. The highest BCUT2D eigenvalue weighted by atomic mass is 16.5. The number of aliphatic hydroxyl groups excluding tert-OH is 1. The Kier molecular flexibility index (Phi) is 5.26. The van der Waals surface area contributed by atoms with Crippen LogP contribution in [-0.2, 0) is 7.05 Å². The normalized spacial score (nSPS) is 13.9. The third-order valence-corrected chi connectivity index (χ3v) is 6.07. The van der Waals surface area contributed by atoms with Gasteiger partial charge in [0.15, 0.2) is 0 Å². The fourth-order valence-electron chi connectivity index (χ4n) is 4.23. The number of rotatable bonds is 6. The Hall–Kier alpha value is -3.85. The van der Waals surface area contributed by atoms with E-state index < -0.39 is 0 Å². The van der Waals surface area contributed by atoms with Crippen LogP contribution in [0, 0.1) is 5.92 Å². The van der Waals surface area contributed by atoms with Gasteiger partial charge in [-0.25, -0.2) is 4.98 Å². The highest BCUT2D eigenvalue weighted by molar-refractivity contribution is 6.00. The van der Waals surface area contributed by atoms with Gasteiger partial charge in [-0.1, -0.05) is 6.07 Å². The molecule has 1 amide bonds. The molecule has 2 aromatic carbocycles. The van der Waals surface area contributed by atoms with Crippen LogP contribution in [0.4, 0.5) is 0 Å². The van der Waals surface area contributed by atoms with Crippen LogP contribution in [0.1, 0.15) is 10.4 Å². The number of carbonyl (C=O) groups excluding carboxylic acids is 1. The highest BCUT2D eigenvalue weighted by Crippen LogP contribution is 2.36. The Morgan fingerprint density at radius 1 is 1.12 bits per heavy atom. The monoisotopic (exact) mass is 447 g/mol. The first kappa shape index (κ1) is 21.0. The molecule has 9 heteroatoms. The molecule has 4 aromatic rings. The van der Waals surface area contributed by atoms with Crippen molar-refractivity contribution in [1.82, 2.24) is 24.2 Å². The Balaban J connectivity index is 1.53. The van der Waals surface area contributed by atoms with Gasteiger partial charge in [-0.2, -0.15) is 5.10 Å². The summed E-state index contributed by atoms with van der Waals surface area (Å²) >= 11 is 0. The lowest BCUT2D eigenvalue weighted by atomic mass is 9.99. The summed E-state index contributed by atoms with van der Waals surface area (Å²) in [5, 5.41) is 13.5. The van der Waals surface area contributed by atoms with E-state index in [4.69, 9.17) is 9.47 Å². The van der Waals surface area contributed by atoms with Gasteiger partial charge in [-0.15, -0.1) is 0 Å². The van der Waals surface area contributed by atoms with Crippen molar-refractivity contribution >= 4 is 16.9 Å². The van der Waals surface area contributed by atoms with Gasteiger partial charge < -0.3 is 19.5 Å². The van der Waals surface area contributed by atoms with Gasteiger partial charge in [-0.3, -0.25) is 14.0 Å². The Morgan fingerprint density at radius 2 is 1.85 bits per heavy atom. The van der Waals surface area contributed by atoms with Crippen molar-refractivity contribution in [2.24, 2.45) is 13.0 Å². The standard InChI is InChI=1S/C24H25N5O4/c1-27-12-17(9-26-27)16-4-5-20-19(6-16)25-14-29(20)18-7-21(32-2)23(22(8-18)33-3)24(31)28-10-15(11-28)13-30/h4-9,12,14-15,30H,10-11,13H2,1-3H3. The first-order chi connectivity index (χ1) is 16.0. The van der Waals surface area contributed by atoms with Crippen LogP contribution in [0.3, 0.4) is 0 Å². The molecule has 5 rings (SSSR count). The smallest absolute Gasteiger partial charge is 0.261 e. The summed E-state index contributed by atoms with van der Waals surface area (Å²) in [7, 11) is 4.96. The number of fused-ring (bicyclic) bond motifs is 1. The number of methoxy groups -OCH3 is 2. The molecule has 1 aliphatic rings. The number of amides is 1. The fraction of sp³-hybridized carbons (Fsp3) is 0.292. The lowest BCUT2D eigenvalue weighted by Gasteiger charge is -2.38. The van der Waals surface area contributed by atoms with Gasteiger partial charge >= 0.3 is 0 Å². The van der Waals surface area contributed by atoms with E-state index in [-0.39, 0.29) is 18.4 Å². The van der Waals surface area contributed by atoms with E-state index in [0.29, 0.717) is 30.2 Å². The summed E-state index contributed by atoms with van der Waals surface area (Å²) in [5.41, 5.74) is 4.96. The molecule has 9 nitrogen and oxygen atoms in total. The van der Waals surface area contributed by atoms with E-state index >= 15 is 0 Å². The maximum Gasteiger partial charge on any atom is 0.261 e. The van der Waals surface area contributed by atoms with Crippen LogP contribution in [0.5, 0.6) is 11.5 Å². The van der Waals surface area contributed by atoms with E-state index in [1.54, 1.807) is 15.9 Å². The molecule has 0 spiro atoms. The number of aromatic nitrogens is 4. The SMILES string of the molecule is COc1cc(-n2cnc3cc(-c4cnn(C)c4)ccc32)cc(OC)c1C(=O)N1CC(CO)C1. The van der Waals surface area contributed by atoms with Crippen LogP contribution in [0.25, 0.3) is 27.8 Å². The maximum absolute atomic E-state index is 13.1. The van der Waals surface area contributed by atoms with Crippen LogP contribution in [0.15, 0.2) is 49.1 Å². The fourth-order valence-corrected chi connectivity index (χ4v) is 4.23. The molecular formula is C24H25N5O4. The molecule has 2 aromatic heterocycles. The lowest BCUT2D eigenvalue weighted by Crippen LogP contribution is -2.51. The van der Waals surface area contributed by atoms with E-state index in [1.807, 2.05) is 54.3 Å². The quantitative estimate of drug-likeness (QED) is 0.488. The van der Waals surface area contributed by atoms with Crippen molar-refractivity contribution < 1.29 is 19.4 Å². The summed E-state index contributed by atoms with van der Waals surface area (Å²) in [6.45, 7) is 1.12. The first-order valence-corrected chi connectivity index (χ1v) is 10.6. The van der Waals surface area contributed by atoms with E-state index in [2.05, 4.69) is 10.1 Å². The number of hydrogen-bond acceptors (Lipinski definition) is 6. The van der Waals surface area contributed by atoms with E-state index in [9.17, 15) is 9.90 Å². The minimum absolute atomic E-state index is 0.0766. The first-order valence-electron chi connectivity index (χ1n) is 10.6. The number of aliphatic hydroxyl groups is 1. The van der Waals surface area contributed by atoms with Gasteiger partial charge in [0, 0.05) is 56.6 Å². The topological polar surface area (TPSA) is 94.6 Å². The van der Waals surface area contributed by atoms with Crippen molar-refractivity contribution in [3.05, 3.63) is 54.6 Å². The zero-order valence-electron chi connectivity index (χ0n) is 18.7. The second-order valence-corrected chi connectivity index (χ2v) is 8.20. The summed E-state index contributed by atoms with van der Waals surface area (Å²) in [6.07, 6.45) is 5.53. The second kappa shape index (κ2) is 8.25. The molecule has 1 fully saturated rings. The number of ether oxygens (including phenoxy) is 2. The Labute approximate surface area is 190 Å². The van der Waals surface area contributed by atoms with Crippen LogP contribution < -0.4 is 9.47 Å². The molecule has 1 aliphatic heterocycles. The average Bonchev–Trinajstić information content (AvgIpc) is 3.43. The zero-order valence-corrected chi connectivity index (χ0v) is 18.7. The van der Waals surface area contributed by atoms with Crippen LogP contribution in [-0.4, -0.2) is 69.2 Å². The van der Waals surface area contributed by atoms with Gasteiger partial charge in [0.25, 0.3) is 5.91 Å². The number of carbonyl (C=O) groups is 1. The predicted molar refractivity (Wildman–Crippen MR) is 123 cm³/mol. The summed E-state index contributed by atoms with van der Waals surface area (Å²) < 4.78 is 14.9. The number of benzene rings is 2. The maximum atomic E-state index is 13.1. The molecule has 1 saturated heterocycles. The van der Waals surface area contributed by atoms with Gasteiger partial charge in [0.05, 0.1) is 37.1 Å². The molecule has 170 valence electrons. The van der Waals surface area contributed by atoms with Crippen molar-refractivity contribution in [3.8, 4) is 28.3 Å². The minimum atomic E-state index is -0.170. The molecule has 1 N–H and O–H groups in total. The summed E-state index contributed by atoms with van der Waals surface area (Å²) in [5.74, 6) is 0.807. The molecule has 0 aliphatic carbocycles. The molecule has 0 unspecified atom stereocenters.